The molecule has 1 heterocycles. The number of halogens is 1. The highest BCUT2D eigenvalue weighted by Gasteiger charge is 2.28. The Bertz CT molecular complexity index is 1140. The van der Waals surface area contributed by atoms with Gasteiger partial charge in [0.05, 0.1) is 16.3 Å². The van der Waals surface area contributed by atoms with Crippen LogP contribution in [-0.2, 0) is 20.0 Å². The number of anilines is 1. The smallest absolute Gasteiger partial charge is 0.241 e. The molecular formula is C21H28FN3O4S2. The third-order valence-electron chi connectivity index (χ3n) is 5.35. The van der Waals surface area contributed by atoms with Crippen molar-refractivity contribution in [3.05, 3.63) is 58.9 Å². The number of benzene rings is 2. The Morgan fingerprint density at radius 2 is 1.52 bits per heavy atom. The first kappa shape index (κ1) is 23.6. The normalized spacial score (nSPS) is 15.9. The van der Waals surface area contributed by atoms with E-state index in [1.165, 1.54) is 10.4 Å². The Labute approximate surface area is 184 Å². The summed E-state index contributed by atoms with van der Waals surface area (Å²) in [6.07, 6.45) is 0. The molecule has 0 radical (unpaired) electrons. The van der Waals surface area contributed by atoms with E-state index in [-0.39, 0.29) is 36.1 Å². The maximum Gasteiger partial charge on any atom is 0.241 e. The molecule has 3 rings (SSSR count). The van der Waals surface area contributed by atoms with Crippen molar-refractivity contribution in [3.63, 3.8) is 0 Å². The monoisotopic (exact) mass is 469 g/mol. The number of aryl methyl sites for hydroxylation is 3. The fraction of sp³-hybridized carbons (Fsp3) is 0.429. The molecule has 0 amide bonds. The van der Waals surface area contributed by atoms with Crippen LogP contribution in [0.25, 0.3) is 0 Å². The highest BCUT2D eigenvalue weighted by atomic mass is 32.2. The van der Waals surface area contributed by atoms with Crippen LogP contribution in [0.5, 0.6) is 0 Å². The lowest BCUT2D eigenvalue weighted by Gasteiger charge is -2.35. The van der Waals surface area contributed by atoms with Gasteiger partial charge in [0.2, 0.25) is 20.0 Å². The number of hydrogen-bond acceptors (Lipinski definition) is 5. The summed E-state index contributed by atoms with van der Waals surface area (Å²) < 4.78 is 68.5. The largest absolute Gasteiger partial charge is 0.367 e. The van der Waals surface area contributed by atoms with Crippen molar-refractivity contribution < 1.29 is 21.2 Å². The highest BCUT2D eigenvalue weighted by Crippen LogP contribution is 2.22. The molecule has 0 unspecified atom stereocenters. The van der Waals surface area contributed by atoms with Crippen LogP contribution in [0.4, 0.5) is 10.1 Å². The van der Waals surface area contributed by atoms with Crippen LogP contribution < -0.4 is 9.62 Å². The first-order valence-electron chi connectivity index (χ1n) is 10.1. The summed E-state index contributed by atoms with van der Waals surface area (Å²) in [7, 11) is -7.47. The number of sulfonamides is 2. The lowest BCUT2D eigenvalue weighted by molar-refractivity contribution is 0.383. The van der Waals surface area contributed by atoms with Crippen molar-refractivity contribution in [2.45, 2.75) is 25.7 Å². The molecule has 0 aromatic heterocycles. The first-order chi connectivity index (χ1) is 14.5. The average Bonchev–Trinajstić information content (AvgIpc) is 2.67. The van der Waals surface area contributed by atoms with E-state index in [0.717, 1.165) is 5.56 Å². The van der Waals surface area contributed by atoms with Crippen molar-refractivity contribution in [2.75, 3.05) is 43.4 Å². The molecule has 1 fully saturated rings. The molecule has 1 saturated heterocycles. The molecule has 0 aliphatic carbocycles. The van der Waals surface area contributed by atoms with E-state index in [1.807, 2.05) is 11.8 Å². The second kappa shape index (κ2) is 9.23. The summed E-state index contributed by atoms with van der Waals surface area (Å²) in [6, 6.07) is 9.97. The third kappa shape index (κ3) is 5.43. The summed E-state index contributed by atoms with van der Waals surface area (Å²) in [5.41, 5.74) is 2.66. The van der Waals surface area contributed by atoms with Gasteiger partial charge in [-0.15, -0.1) is 0 Å². The van der Waals surface area contributed by atoms with Crippen molar-refractivity contribution in [1.82, 2.24) is 9.03 Å². The molecular weight excluding hydrogens is 441 g/mol. The highest BCUT2D eigenvalue weighted by molar-refractivity contribution is 7.90. The average molecular weight is 470 g/mol. The topological polar surface area (TPSA) is 86.8 Å². The zero-order valence-corrected chi connectivity index (χ0v) is 19.6. The van der Waals surface area contributed by atoms with E-state index >= 15 is 0 Å². The van der Waals surface area contributed by atoms with E-state index in [4.69, 9.17) is 0 Å². The number of nitrogens with one attached hydrogen (secondary N) is 1. The van der Waals surface area contributed by atoms with Gasteiger partial charge >= 0.3 is 0 Å². The van der Waals surface area contributed by atoms with Gasteiger partial charge < -0.3 is 4.90 Å². The quantitative estimate of drug-likeness (QED) is 0.672. The second-order valence-corrected chi connectivity index (χ2v) is 11.6. The molecule has 0 spiro atoms. The number of para-hydroxylation sites is 1. The Hall–Kier alpha value is -2.01. The molecule has 7 nitrogen and oxygen atoms in total. The third-order valence-corrected chi connectivity index (χ3v) is 8.99. The summed E-state index contributed by atoms with van der Waals surface area (Å²) in [6.45, 7) is 6.30. The van der Waals surface area contributed by atoms with E-state index in [2.05, 4.69) is 4.72 Å². The summed E-state index contributed by atoms with van der Waals surface area (Å²) in [5, 5.41) is 0. The minimum atomic E-state index is -3.82. The van der Waals surface area contributed by atoms with Crippen molar-refractivity contribution in [3.8, 4) is 0 Å². The lowest BCUT2D eigenvalue weighted by atomic mass is 10.1. The minimum Gasteiger partial charge on any atom is -0.367 e. The second-order valence-electron chi connectivity index (χ2n) is 7.78. The predicted molar refractivity (Wildman–Crippen MR) is 120 cm³/mol. The Morgan fingerprint density at radius 1 is 0.935 bits per heavy atom. The molecule has 2 aromatic carbocycles. The van der Waals surface area contributed by atoms with E-state index in [9.17, 15) is 21.2 Å². The Balaban J connectivity index is 1.59. The predicted octanol–water partition coefficient (Wildman–Crippen LogP) is 2.18. The van der Waals surface area contributed by atoms with E-state index < -0.39 is 20.0 Å². The molecule has 10 heteroatoms. The molecule has 2 aromatic rings. The minimum absolute atomic E-state index is 0.189. The summed E-state index contributed by atoms with van der Waals surface area (Å²) in [4.78, 5) is 2.00. The van der Waals surface area contributed by atoms with Crippen LogP contribution >= 0.6 is 0 Å². The molecule has 1 aliphatic heterocycles. The SMILES string of the molecule is Cc1cc(C)c(S(=O)(=O)NCCS(=O)(=O)N2CCN(c3ccccc3F)CC2)c(C)c1. The van der Waals surface area contributed by atoms with Crippen LogP contribution in [0.15, 0.2) is 41.3 Å². The van der Waals surface area contributed by atoms with Gasteiger partial charge in [-0.3, -0.25) is 0 Å². The number of piperazine rings is 1. The van der Waals surface area contributed by atoms with Crippen LogP contribution in [0.1, 0.15) is 16.7 Å². The fourth-order valence-electron chi connectivity index (χ4n) is 4.01. The number of nitrogens with zero attached hydrogens (tertiary/aromatic N) is 2. The first-order valence-corrected chi connectivity index (χ1v) is 13.2. The maximum atomic E-state index is 14.0. The van der Waals surface area contributed by atoms with Crippen LogP contribution in [-0.4, -0.2) is 59.6 Å². The number of hydrogen-bond donors (Lipinski definition) is 1. The van der Waals surface area contributed by atoms with E-state index in [0.29, 0.717) is 29.9 Å². The van der Waals surface area contributed by atoms with Gasteiger partial charge in [0.15, 0.2) is 0 Å². The summed E-state index contributed by atoms with van der Waals surface area (Å²) >= 11 is 0. The Morgan fingerprint density at radius 3 is 2.10 bits per heavy atom. The summed E-state index contributed by atoms with van der Waals surface area (Å²) in [5.74, 6) is -0.675. The lowest BCUT2D eigenvalue weighted by Crippen LogP contribution is -2.50. The standard InChI is InChI=1S/C21H28FN3O4S2/c1-16-14-17(2)21(18(3)15-16)31(28,29)23-8-13-30(26,27)25-11-9-24(10-12-25)20-7-5-4-6-19(20)22/h4-7,14-15,23H,8-13H2,1-3H3. The van der Waals surface area contributed by atoms with Crippen LogP contribution in [0, 0.1) is 26.6 Å². The molecule has 1 N–H and O–H groups in total. The zero-order valence-electron chi connectivity index (χ0n) is 17.9. The molecule has 0 bridgehead atoms. The van der Waals surface area contributed by atoms with Crippen LogP contribution in [0.3, 0.4) is 0 Å². The molecule has 0 atom stereocenters. The van der Waals surface area contributed by atoms with Crippen molar-refractivity contribution in [1.29, 1.82) is 0 Å². The van der Waals surface area contributed by atoms with Crippen molar-refractivity contribution >= 4 is 25.7 Å². The number of rotatable bonds is 7. The maximum absolute atomic E-state index is 14.0. The molecule has 31 heavy (non-hydrogen) atoms. The zero-order chi connectivity index (χ0) is 22.8. The van der Waals surface area contributed by atoms with Gasteiger partial charge in [-0.05, 0) is 44.0 Å². The van der Waals surface area contributed by atoms with E-state index in [1.54, 1.807) is 44.2 Å². The van der Waals surface area contributed by atoms with Gasteiger partial charge in [0, 0.05) is 32.7 Å². The van der Waals surface area contributed by atoms with Gasteiger partial charge in [0.1, 0.15) is 5.82 Å². The molecule has 1 aliphatic rings. The van der Waals surface area contributed by atoms with Crippen molar-refractivity contribution in [2.24, 2.45) is 0 Å². The van der Waals surface area contributed by atoms with Crippen LogP contribution in [0.2, 0.25) is 0 Å². The molecule has 0 saturated carbocycles. The Kier molecular flexibility index (Phi) is 7.04. The van der Waals surface area contributed by atoms with Gasteiger partial charge in [-0.2, -0.15) is 4.31 Å². The van der Waals surface area contributed by atoms with Gasteiger partial charge in [0.25, 0.3) is 0 Å². The molecule has 170 valence electrons. The van der Waals surface area contributed by atoms with Gasteiger partial charge in [-0.25, -0.2) is 25.9 Å². The van der Waals surface area contributed by atoms with Gasteiger partial charge in [-0.1, -0.05) is 29.8 Å². The fourth-order valence-corrected chi connectivity index (χ4v) is 6.96.